The van der Waals surface area contributed by atoms with E-state index in [0.717, 1.165) is 33.7 Å². The van der Waals surface area contributed by atoms with Crippen LogP contribution in [-0.2, 0) is 4.79 Å². The number of benzene rings is 4. The van der Waals surface area contributed by atoms with Gasteiger partial charge in [-0.2, -0.15) is 5.10 Å². The maximum Gasteiger partial charge on any atom is 0.250 e. The minimum absolute atomic E-state index is 0.110. The lowest BCUT2D eigenvalue weighted by atomic mass is 10.0. The van der Waals surface area contributed by atoms with Crippen molar-refractivity contribution in [3.63, 3.8) is 0 Å². The number of hydrogen-bond acceptors (Lipinski definition) is 6. The molecule has 0 fully saturated rings. The fourth-order valence-electron chi connectivity index (χ4n) is 3.85. The Balaban J connectivity index is 1.26. The van der Waals surface area contributed by atoms with Gasteiger partial charge in [0.05, 0.1) is 19.1 Å². The van der Waals surface area contributed by atoms with Gasteiger partial charge in [-0.05, 0) is 65.2 Å². The quantitative estimate of drug-likeness (QED) is 0.128. The van der Waals surface area contributed by atoms with Crippen LogP contribution in [0.15, 0.2) is 113 Å². The molecule has 9 heteroatoms. The lowest BCUT2D eigenvalue weighted by molar-refractivity contribution is -0.118. The molecule has 1 amide bonds. The van der Waals surface area contributed by atoms with Gasteiger partial charge >= 0.3 is 0 Å². The first kappa shape index (κ1) is 26.2. The van der Waals surface area contributed by atoms with E-state index >= 15 is 0 Å². The van der Waals surface area contributed by atoms with Crippen LogP contribution in [0.2, 0.25) is 5.02 Å². The number of amides is 1. The third kappa shape index (κ3) is 6.54. The molecule has 0 saturated carbocycles. The number of methoxy groups -OCH3 is 1. The SMILES string of the molecule is COc1ccc(-c2nnc(SCC(=O)N/N=C\c3ccc(-c4ccccc4)cc3)n2-c2ccc(Cl)cc2)cc1. The summed E-state index contributed by atoms with van der Waals surface area (Å²) in [5.41, 5.74) is 7.42. The van der Waals surface area contributed by atoms with Crippen LogP contribution in [0.4, 0.5) is 0 Å². The first-order valence-electron chi connectivity index (χ1n) is 12.1. The minimum atomic E-state index is -0.256. The Bertz CT molecular complexity index is 1570. The first-order chi connectivity index (χ1) is 19.1. The number of thioether (sulfide) groups is 1. The number of hydrogen-bond donors (Lipinski definition) is 1. The molecule has 0 aliphatic rings. The van der Waals surface area contributed by atoms with E-state index in [1.54, 1.807) is 25.5 Å². The van der Waals surface area contributed by atoms with Crippen molar-refractivity contribution in [2.24, 2.45) is 5.10 Å². The second-order valence-electron chi connectivity index (χ2n) is 8.42. The predicted molar refractivity (Wildman–Crippen MR) is 157 cm³/mol. The molecule has 0 aliphatic heterocycles. The zero-order valence-corrected chi connectivity index (χ0v) is 22.6. The van der Waals surface area contributed by atoms with Crippen molar-refractivity contribution in [1.29, 1.82) is 0 Å². The molecule has 5 rings (SSSR count). The summed E-state index contributed by atoms with van der Waals surface area (Å²) in [6.45, 7) is 0. The Morgan fingerprint density at radius 2 is 1.56 bits per heavy atom. The molecule has 0 radical (unpaired) electrons. The van der Waals surface area contributed by atoms with Crippen LogP contribution in [-0.4, -0.2) is 39.7 Å². The van der Waals surface area contributed by atoms with E-state index in [9.17, 15) is 4.79 Å². The molecular formula is C30H24ClN5O2S. The molecule has 194 valence electrons. The molecule has 0 aliphatic carbocycles. The Labute approximate surface area is 235 Å². The smallest absolute Gasteiger partial charge is 0.250 e. The van der Waals surface area contributed by atoms with E-state index < -0.39 is 0 Å². The topological polar surface area (TPSA) is 81.4 Å². The standard InChI is InChI=1S/C30H24ClN5O2S/c1-38-27-17-11-24(12-18-27)29-34-35-30(36(29)26-15-13-25(31)14-16-26)39-20-28(37)33-32-19-21-7-9-23(10-8-21)22-5-3-2-4-6-22/h2-19H,20H2,1H3,(H,33,37)/b32-19-. The number of nitrogens with one attached hydrogen (secondary N) is 1. The predicted octanol–water partition coefficient (Wildman–Crippen LogP) is 6.51. The van der Waals surface area contributed by atoms with E-state index in [1.165, 1.54) is 11.8 Å². The molecule has 0 unspecified atom stereocenters. The summed E-state index contributed by atoms with van der Waals surface area (Å²) in [6, 6.07) is 33.0. The van der Waals surface area contributed by atoms with Crippen LogP contribution in [0.3, 0.4) is 0 Å². The van der Waals surface area contributed by atoms with E-state index in [1.807, 2.05) is 83.4 Å². The highest BCUT2D eigenvalue weighted by Gasteiger charge is 2.17. The second kappa shape index (κ2) is 12.4. The molecule has 0 spiro atoms. The van der Waals surface area contributed by atoms with Gasteiger partial charge in [0.1, 0.15) is 5.75 Å². The fourth-order valence-corrected chi connectivity index (χ4v) is 4.72. The van der Waals surface area contributed by atoms with Crippen LogP contribution < -0.4 is 10.2 Å². The van der Waals surface area contributed by atoms with Gasteiger partial charge in [-0.15, -0.1) is 10.2 Å². The average Bonchev–Trinajstić information content (AvgIpc) is 3.41. The fraction of sp³-hybridized carbons (Fsp3) is 0.0667. The van der Waals surface area contributed by atoms with Gasteiger partial charge < -0.3 is 4.74 Å². The van der Waals surface area contributed by atoms with Gasteiger partial charge in [-0.1, -0.05) is 78.0 Å². The van der Waals surface area contributed by atoms with Gasteiger partial charge in [0, 0.05) is 16.3 Å². The van der Waals surface area contributed by atoms with E-state index in [4.69, 9.17) is 16.3 Å². The Kier molecular flexibility index (Phi) is 8.36. The molecule has 0 bridgehead atoms. The summed E-state index contributed by atoms with van der Waals surface area (Å²) in [5, 5.41) is 14.1. The van der Waals surface area contributed by atoms with Crippen LogP contribution >= 0.6 is 23.4 Å². The van der Waals surface area contributed by atoms with E-state index in [-0.39, 0.29) is 11.7 Å². The molecule has 0 saturated heterocycles. The van der Waals surface area contributed by atoms with Crippen molar-refractivity contribution < 1.29 is 9.53 Å². The number of carbonyl (C=O) groups excluding carboxylic acids is 1. The highest BCUT2D eigenvalue weighted by molar-refractivity contribution is 7.99. The van der Waals surface area contributed by atoms with Crippen LogP contribution in [0.25, 0.3) is 28.2 Å². The normalized spacial score (nSPS) is 11.0. The molecule has 1 aromatic heterocycles. The van der Waals surface area contributed by atoms with Gasteiger partial charge in [-0.3, -0.25) is 9.36 Å². The largest absolute Gasteiger partial charge is 0.497 e. The summed E-state index contributed by atoms with van der Waals surface area (Å²) < 4.78 is 7.17. The maximum absolute atomic E-state index is 12.6. The first-order valence-corrected chi connectivity index (χ1v) is 13.4. The molecule has 4 aromatic carbocycles. The minimum Gasteiger partial charge on any atom is -0.497 e. The molecular weight excluding hydrogens is 530 g/mol. The summed E-state index contributed by atoms with van der Waals surface area (Å²) >= 11 is 7.38. The van der Waals surface area contributed by atoms with Gasteiger partial charge in [0.25, 0.3) is 5.91 Å². The van der Waals surface area contributed by atoms with Crippen molar-refractivity contribution >= 4 is 35.5 Å². The van der Waals surface area contributed by atoms with Crippen LogP contribution in [0.1, 0.15) is 5.56 Å². The van der Waals surface area contributed by atoms with Crippen molar-refractivity contribution in [3.8, 4) is 34.0 Å². The summed E-state index contributed by atoms with van der Waals surface area (Å²) in [4.78, 5) is 12.6. The number of ether oxygens (including phenoxy) is 1. The van der Waals surface area contributed by atoms with Crippen LogP contribution in [0, 0.1) is 0 Å². The van der Waals surface area contributed by atoms with Crippen molar-refractivity contribution in [2.45, 2.75) is 5.16 Å². The zero-order chi connectivity index (χ0) is 27.0. The highest BCUT2D eigenvalue weighted by Crippen LogP contribution is 2.29. The number of carbonyl (C=O) groups is 1. The average molecular weight is 554 g/mol. The third-order valence-corrected chi connectivity index (χ3v) is 7.00. The molecule has 39 heavy (non-hydrogen) atoms. The van der Waals surface area contributed by atoms with Gasteiger partial charge in [0.15, 0.2) is 11.0 Å². The number of aromatic nitrogens is 3. The third-order valence-electron chi connectivity index (χ3n) is 5.82. The van der Waals surface area contributed by atoms with Gasteiger partial charge in [-0.25, -0.2) is 5.43 Å². The van der Waals surface area contributed by atoms with Crippen molar-refractivity contribution in [2.75, 3.05) is 12.9 Å². The molecule has 0 atom stereocenters. The molecule has 1 N–H and O–H groups in total. The number of nitrogens with zero attached hydrogens (tertiary/aromatic N) is 4. The lowest BCUT2D eigenvalue weighted by Gasteiger charge is -2.11. The summed E-state index contributed by atoms with van der Waals surface area (Å²) in [7, 11) is 1.62. The summed E-state index contributed by atoms with van der Waals surface area (Å²) in [6.07, 6.45) is 1.62. The van der Waals surface area contributed by atoms with Gasteiger partial charge in [0.2, 0.25) is 0 Å². The monoisotopic (exact) mass is 553 g/mol. The van der Waals surface area contributed by atoms with E-state index in [2.05, 4.69) is 32.9 Å². The van der Waals surface area contributed by atoms with Crippen molar-refractivity contribution in [3.05, 3.63) is 114 Å². The van der Waals surface area contributed by atoms with Crippen molar-refractivity contribution in [1.82, 2.24) is 20.2 Å². The number of rotatable bonds is 9. The van der Waals surface area contributed by atoms with Crippen LogP contribution in [0.5, 0.6) is 5.75 Å². The molecule has 1 heterocycles. The highest BCUT2D eigenvalue weighted by atomic mass is 35.5. The summed E-state index contributed by atoms with van der Waals surface area (Å²) in [5.74, 6) is 1.24. The Morgan fingerprint density at radius 1 is 0.897 bits per heavy atom. The second-order valence-corrected chi connectivity index (χ2v) is 9.80. The Morgan fingerprint density at radius 3 is 2.26 bits per heavy atom. The lowest BCUT2D eigenvalue weighted by Crippen LogP contribution is -2.20. The number of halogens is 1. The Hall–Kier alpha value is -4.40. The number of hydrazone groups is 1. The molecule has 5 aromatic rings. The van der Waals surface area contributed by atoms with E-state index in [0.29, 0.717) is 16.0 Å². The zero-order valence-electron chi connectivity index (χ0n) is 21.0. The molecule has 7 nitrogen and oxygen atoms in total. The maximum atomic E-state index is 12.6.